The normalized spacial score (nSPS) is 15.9. The zero-order valence-corrected chi connectivity index (χ0v) is 27.2. The third-order valence-corrected chi connectivity index (χ3v) is 8.12. The van der Waals surface area contributed by atoms with Crippen LogP contribution < -0.4 is 4.74 Å². The van der Waals surface area contributed by atoms with Gasteiger partial charge in [0.1, 0.15) is 17.8 Å². The molecule has 0 fully saturated rings. The monoisotopic (exact) mass is 716 g/mol. The van der Waals surface area contributed by atoms with Crippen LogP contribution in [0, 0.1) is 0 Å². The number of phenols is 6. The number of ether oxygens (including phenoxy) is 4. The molecular formula is C37H32O15. The number of aliphatic carboxylic acids is 1. The number of benzene rings is 4. The molecule has 15 heteroatoms. The summed E-state index contributed by atoms with van der Waals surface area (Å²) in [5.74, 6) is -8.69. The van der Waals surface area contributed by atoms with Gasteiger partial charge >= 0.3 is 23.9 Å². The maximum absolute atomic E-state index is 14.1. The lowest BCUT2D eigenvalue weighted by Gasteiger charge is -2.22. The number of aromatic hydroxyl groups is 6. The summed E-state index contributed by atoms with van der Waals surface area (Å²) in [5, 5.41) is 69.8. The minimum absolute atomic E-state index is 0.0172. The van der Waals surface area contributed by atoms with Crippen molar-refractivity contribution in [2.75, 3.05) is 7.11 Å². The fraction of sp³-hybridized carbons (Fsp3) is 0.189. The van der Waals surface area contributed by atoms with Crippen molar-refractivity contribution >= 4 is 30.0 Å². The van der Waals surface area contributed by atoms with E-state index in [1.807, 2.05) is 0 Å². The summed E-state index contributed by atoms with van der Waals surface area (Å²) in [6, 6.07) is 15.5. The molecule has 0 unspecified atom stereocenters. The smallest absolute Gasteiger partial charge is 0.347 e. The molecule has 4 aromatic rings. The molecule has 1 aliphatic heterocycles. The number of fused-ring (bicyclic) bond motifs is 1. The van der Waals surface area contributed by atoms with Gasteiger partial charge in [0.25, 0.3) is 0 Å². The van der Waals surface area contributed by atoms with Gasteiger partial charge in [-0.1, -0.05) is 30.3 Å². The molecule has 0 aliphatic carbocycles. The molecule has 4 aromatic carbocycles. The lowest BCUT2D eigenvalue weighted by Crippen LogP contribution is -2.33. The first-order valence-electron chi connectivity index (χ1n) is 15.5. The van der Waals surface area contributed by atoms with Crippen molar-refractivity contribution in [3.05, 3.63) is 107 Å². The van der Waals surface area contributed by atoms with Crippen LogP contribution in [0.5, 0.6) is 40.2 Å². The molecule has 5 rings (SSSR count). The standard InChI is InChI=1S/C37H32O15/c1-49-36(47)29(16-19-4-10-23(39)26(42)14-19)51-37(48)32-31-20(5-12-25(41)34(31)52-33(32)21-6-11-24(40)27(43)17-21)7-13-30(44)50-28(35(45)46)15-18-2-8-22(38)9-3-18/h2-14,17,28-29,32-33,38-43H,15-16H2,1H3,(H,45,46)/b13-7+/t28-,29-,32+,33+/m1/s1. The number of esters is 3. The van der Waals surface area contributed by atoms with E-state index in [1.54, 1.807) is 0 Å². The van der Waals surface area contributed by atoms with E-state index >= 15 is 0 Å². The summed E-state index contributed by atoms with van der Waals surface area (Å²) in [7, 11) is 1.06. The van der Waals surface area contributed by atoms with E-state index in [2.05, 4.69) is 0 Å². The molecule has 4 atom stereocenters. The van der Waals surface area contributed by atoms with Crippen LogP contribution in [0.2, 0.25) is 0 Å². The molecule has 15 nitrogen and oxygen atoms in total. The minimum atomic E-state index is -1.60. The third kappa shape index (κ3) is 8.10. The average molecular weight is 717 g/mol. The lowest BCUT2D eigenvalue weighted by molar-refractivity contribution is -0.167. The van der Waals surface area contributed by atoms with Crippen LogP contribution in [0.15, 0.2) is 78.9 Å². The molecule has 1 aliphatic rings. The minimum Gasteiger partial charge on any atom is -0.508 e. The van der Waals surface area contributed by atoms with Gasteiger partial charge in [-0.05, 0) is 70.8 Å². The molecule has 0 saturated carbocycles. The summed E-state index contributed by atoms with van der Waals surface area (Å²) in [6.45, 7) is 0. The van der Waals surface area contributed by atoms with Crippen molar-refractivity contribution in [2.24, 2.45) is 0 Å². The van der Waals surface area contributed by atoms with Gasteiger partial charge in [0.15, 0.2) is 34.5 Å². The molecule has 1 heterocycles. The Morgan fingerprint density at radius 3 is 1.98 bits per heavy atom. The van der Waals surface area contributed by atoms with Crippen LogP contribution in [0.3, 0.4) is 0 Å². The van der Waals surface area contributed by atoms with E-state index in [0.717, 1.165) is 31.4 Å². The lowest BCUT2D eigenvalue weighted by atomic mass is 9.87. The number of phenolic OH excluding ortho intramolecular Hbond substituents is 6. The van der Waals surface area contributed by atoms with Gasteiger partial charge in [0.2, 0.25) is 12.2 Å². The van der Waals surface area contributed by atoms with Gasteiger partial charge in [0.05, 0.1) is 7.11 Å². The van der Waals surface area contributed by atoms with Gasteiger partial charge in [-0.25, -0.2) is 14.4 Å². The van der Waals surface area contributed by atoms with Crippen molar-refractivity contribution < 1.29 is 73.9 Å². The van der Waals surface area contributed by atoms with E-state index < -0.39 is 76.9 Å². The first-order chi connectivity index (χ1) is 24.7. The number of methoxy groups -OCH3 is 1. The molecular weight excluding hydrogens is 684 g/mol. The Kier molecular flexibility index (Phi) is 10.7. The number of rotatable bonds is 12. The zero-order chi connectivity index (χ0) is 37.7. The second-order valence-corrected chi connectivity index (χ2v) is 11.6. The number of hydrogen-bond acceptors (Lipinski definition) is 14. The number of carbonyl (C=O) groups excluding carboxylic acids is 3. The van der Waals surface area contributed by atoms with E-state index in [4.69, 9.17) is 18.9 Å². The number of carboxylic acid groups (broad SMARTS) is 1. The average Bonchev–Trinajstić information content (AvgIpc) is 3.52. The van der Waals surface area contributed by atoms with Gasteiger partial charge in [0, 0.05) is 24.5 Å². The Labute approximate surface area is 294 Å². The molecule has 0 amide bonds. The van der Waals surface area contributed by atoms with Crippen molar-refractivity contribution in [3.8, 4) is 40.2 Å². The molecule has 0 bridgehead atoms. The number of carboxylic acids is 1. The summed E-state index contributed by atoms with van der Waals surface area (Å²) < 4.78 is 21.7. The van der Waals surface area contributed by atoms with Crippen molar-refractivity contribution in [2.45, 2.75) is 37.1 Å². The highest BCUT2D eigenvalue weighted by atomic mass is 16.6. The van der Waals surface area contributed by atoms with Gasteiger partial charge < -0.3 is 54.7 Å². The Balaban J connectivity index is 1.49. The van der Waals surface area contributed by atoms with Gasteiger partial charge in [-0.2, -0.15) is 0 Å². The van der Waals surface area contributed by atoms with Crippen molar-refractivity contribution in [3.63, 3.8) is 0 Å². The van der Waals surface area contributed by atoms with Gasteiger partial charge in [-0.15, -0.1) is 0 Å². The second kappa shape index (κ2) is 15.3. The zero-order valence-electron chi connectivity index (χ0n) is 27.2. The molecule has 52 heavy (non-hydrogen) atoms. The molecule has 0 aromatic heterocycles. The van der Waals surface area contributed by atoms with E-state index in [1.165, 1.54) is 60.7 Å². The van der Waals surface area contributed by atoms with Crippen LogP contribution in [0.1, 0.15) is 39.8 Å². The number of carbonyl (C=O) groups is 4. The molecule has 0 spiro atoms. The molecule has 270 valence electrons. The quantitative estimate of drug-likeness (QED) is 0.0478. The van der Waals surface area contributed by atoms with Crippen molar-refractivity contribution in [1.29, 1.82) is 0 Å². The Bertz CT molecular complexity index is 2040. The fourth-order valence-corrected chi connectivity index (χ4v) is 5.55. The van der Waals surface area contributed by atoms with Crippen LogP contribution >= 0.6 is 0 Å². The maximum atomic E-state index is 14.1. The Hall–Kier alpha value is -6.90. The van der Waals surface area contributed by atoms with E-state index in [0.29, 0.717) is 5.56 Å². The summed E-state index contributed by atoms with van der Waals surface area (Å²) in [5.41, 5.74) is 0.984. The van der Waals surface area contributed by atoms with Crippen LogP contribution in [0.4, 0.5) is 0 Å². The summed E-state index contributed by atoms with van der Waals surface area (Å²) >= 11 is 0. The highest BCUT2D eigenvalue weighted by Gasteiger charge is 2.46. The van der Waals surface area contributed by atoms with E-state index in [-0.39, 0.29) is 46.6 Å². The predicted molar refractivity (Wildman–Crippen MR) is 178 cm³/mol. The van der Waals surface area contributed by atoms with Gasteiger partial charge in [-0.3, -0.25) is 4.79 Å². The van der Waals surface area contributed by atoms with Crippen molar-refractivity contribution in [1.82, 2.24) is 0 Å². The number of hydrogen-bond donors (Lipinski definition) is 7. The predicted octanol–water partition coefficient (Wildman–Crippen LogP) is 3.72. The summed E-state index contributed by atoms with van der Waals surface area (Å²) in [4.78, 5) is 51.7. The Morgan fingerprint density at radius 1 is 0.731 bits per heavy atom. The second-order valence-electron chi connectivity index (χ2n) is 11.6. The summed E-state index contributed by atoms with van der Waals surface area (Å²) in [6.07, 6.45) is -2.95. The first kappa shape index (κ1) is 36.4. The SMILES string of the molecule is COC(=O)[C@@H](Cc1ccc(O)c(O)c1)OC(=O)[C@H]1c2c(/C=C/C(=O)O[C@H](Cc3ccc(O)cc3)C(=O)O)ccc(O)c2O[C@H]1c1ccc(O)c(O)c1. The Morgan fingerprint density at radius 2 is 1.35 bits per heavy atom. The molecule has 7 N–H and O–H groups in total. The molecule has 0 radical (unpaired) electrons. The molecule has 0 saturated heterocycles. The first-order valence-corrected chi connectivity index (χ1v) is 15.5. The largest absolute Gasteiger partial charge is 0.508 e. The fourth-order valence-electron chi connectivity index (χ4n) is 5.55. The topological polar surface area (TPSA) is 247 Å². The van der Waals surface area contributed by atoms with E-state index in [9.17, 15) is 54.9 Å². The van der Waals surface area contributed by atoms with Crippen LogP contribution in [0.25, 0.3) is 6.08 Å². The highest BCUT2D eigenvalue weighted by molar-refractivity contribution is 5.92. The third-order valence-electron chi connectivity index (χ3n) is 8.12. The van der Waals surface area contributed by atoms with Crippen LogP contribution in [-0.4, -0.2) is 78.9 Å². The maximum Gasteiger partial charge on any atom is 0.347 e. The van der Waals surface area contributed by atoms with Crippen LogP contribution in [-0.2, 0) is 46.2 Å². The highest BCUT2D eigenvalue weighted by Crippen LogP contribution is 2.53.